The van der Waals surface area contributed by atoms with E-state index in [1.165, 1.54) is 4.57 Å². The molecule has 0 spiro atoms. The number of benzene rings is 1. The molecule has 0 aliphatic carbocycles. The van der Waals surface area contributed by atoms with Crippen LogP contribution in [0.4, 0.5) is 5.69 Å². The van der Waals surface area contributed by atoms with E-state index in [2.05, 4.69) is 5.32 Å². The minimum Gasteiger partial charge on any atom is -0.489 e. The Morgan fingerprint density at radius 3 is 2.71 bits per heavy atom. The molecular weight excluding hydrogens is 288 g/mol. The predicted molar refractivity (Wildman–Crippen MR) is 84.2 cm³/mol. The summed E-state index contributed by atoms with van der Waals surface area (Å²) in [4.78, 5) is 23.6. The fraction of sp³-hybridized carbons (Fsp3) is 0.333. The fourth-order valence-corrected chi connectivity index (χ4v) is 2.59. The van der Waals surface area contributed by atoms with Gasteiger partial charge in [0.05, 0.1) is 11.8 Å². The Hall–Kier alpha value is -2.08. The van der Waals surface area contributed by atoms with Gasteiger partial charge in [-0.3, -0.25) is 14.2 Å². The molecule has 5 nitrogen and oxygen atoms in total. The van der Waals surface area contributed by atoms with Gasteiger partial charge in [-0.15, -0.1) is 0 Å². The summed E-state index contributed by atoms with van der Waals surface area (Å²) in [6.45, 7) is 5.66. The lowest BCUT2D eigenvalue weighted by atomic mass is 10.3. The van der Waals surface area contributed by atoms with Crippen molar-refractivity contribution in [1.29, 1.82) is 0 Å². The lowest BCUT2D eigenvalue weighted by Gasteiger charge is -2.15. The molecule has 0 bridgehead atoms. The molecule has 0 saturated carbocycles. The van der Waals surface area contributed by atoms with Gasteiger partial charge >= 0.3 is 4.87 Å². The first-order valence-electron chi connectivity index (χ1n) is 6.68. The topological polar surface area (TPSA) is 60.3 Å². The highest BCUT2D eigenvalue weighted by Gasteiger charge is 2.11. The van der Waals surface area contributed by atoms with Crippen molar-refractivity contribution in [2.75, 3.05) is 5.32 Å². The summed E-state index contributed by atoms with van der Waals surface area (Å²) in [5.41, 5.74) is 1.39. The van der Waals surface area contributed by atoms with Crippen molar-refractivity contribution < 1.29 is 9.53 Å². The number of hydrogen-bond acceptors (Lipinski definition) is 4. The lowest BCUT2D eigenvalue weighted by Crippen LogP contribution is -2.25. The molecule has 0 unspecified atom stereocenters. The van der Waals surface area contributed by atoms with Crippen LogP contribution >= 0.6 is 11.3 Å². The molecule has 1 heterocycles. The van der Waals surface area contributed by atoms with Gasteiger partial charge in [-0.1, -0.05) is 23.5 Å². The molecule has 0 saturated heterocycles. The molecule has 0 atom stereocenters. The van der Waals surface area contributed by atoms with E-state index >= 15 is 0 Å². The number of para-hydroxylation sites is 2. The van der Waals surface area contributed by atoms with Gasteiger partial charge in [-0.25, -0.2) is 0 Å². The third kappa shape index (κ3) is 3.95. The summed E-state index contributed by atoms with van der Waals surface area (Å²) in [6, 6.07) is 7.25. The van der Waals surface area contributed by atoms with E-state index in [-0.39, 0.29) is 23.4 Å². The third-order valence-corrected chi connectivity index (χ3v) is 3.68. The van der Waals surface area contributed by atoms with Gasteiger partial charge in [-0.2, -0.15) is 0 Å². The summed E-state index contributed by atoms with van der Waals surface area (Å²) in [5, 5.41) is 4.53. The average molecular weight is 306 g/mol. The first kappa shape index (κ1) is 15.3. The Morgan fingerprint density at radius 2 is 2.10 bits per heavy atom. The van der Waals surface area contributed by atoms with Gasteiger partial charge in [0.2, 0.25) is 5.91 Å². The van der Waals surface area contributed by atoms with E-state index in [1.807, 2.05) is 26.0 Å². The van der Waals surface area contributed by atoms with Crippen molar-refractivity contribution >= 4 is 22.9 Å². The van der Waals surface area contributed by atoms with Crippen LogP contribution in [0.1, 0.15) is 19.5 Å². The molecule has 1 aromatic heterocycles. The van der Waals surface area contributed by atoms with Crippen molar-refractivity contribution in [3.05, 3.63) is 45.0 Å². The summed E-state index contributed by atoms with van der Waals surface area (Å²) < 4.78 is 7.10. The Balaban J connectivity index is 2.11. The second-order valence-corrected chi connectivity index (χ2v) is 5.76. The quantitative estimate of drug-likeness (QED) is 0.924. The number of ether oxygens (including phenoxy) is 1. The number of anilines is 1. The molecule has 0 aliphatic heterocycles. The van der Waals surface area contributed by atoms with Crippen LogP contribution in [0.25, 0.3) is 0 Å². The van der Waals surface area contributed by atoms with Crippen molar-refractivity contribution in [2.24, 2.45) is 0 Å². The predicted octanol–water partition coefficient (Wildman–Crippen LogP) is 2.64. The van der Waals surface area contributed by atoms with Crippen LogP contribution < -0.4 is 14.9 Å². The van der Waals surface area contributed by atoms with Crippen LogP contribution in [0.15, 0.2) is 34.4 Å². The first-order chi connectivity index (χ1) is 9.97. The Morgan fingerprint density at radius 1 is 1.38 bits per heavy atom. The fourth-order valence-electron chi connectivity index (χ4n) is 1.86. The smallest absolute Gasteiger partial charge is 0.307 e. The number of aryl methyl sites for hydroxylation is 1. The number of rotatable bonds is 5. The number of nitrogens with one attached hydrogen (secondary N) is 1. The van der Waals surface area contributed by atoms with Gasteiger partial charge in [0.15, 0.2) is 0 Å². The summed E-state index contributed by atoms with van der Waals surface area (Å²) in [6.07, 6.45) is 0.0183. The maximum Gasteiger partial charge on any atom is 0.307 e. The number of carbonyl (C=O) groups is 1. The number of aromatic nitrogens is 1. The number of hydrogen-bond donors (Lipinski definition) is 1. The Labute approximate surface area is 127 Å². The number of thiazole rings is 1. The Bertz CT molecular complexity index is 688. The third-order valence-electron chi connectivity index (χ3n) is 2.80. The summed E-state index contributed by atoms with van der Waals surface area (Å²) in [5.74, 6) is 0.369. The largest absolute Gasteiger partial charge is 0.489 e. The zero-order chi connectivity index (χ0) is 15.4. The van der Waals surface area contributed by atoms with Crippen molar-refractivity contribution in [1.82, 2.24) is 4.57 Å². The molecule has 6 heteroatoms. The maximum absolute atomic E-state index is 12.1. The molecule has 2 rings (SSSR count). The van der Waals surface area contributed by atoms with E-state index in [9.17, 15) is 9.59 Å². The van der Waals surface area contributed by atoms with Crippen LogP contribution in [0, 0.1) is 6.92 Å². The first-order valence-corrected chi connectivity index (χ1v) is 7.56. The second kappa shape index (κ2) is 6.58. The zero-order valence-corrected chi connectivity index (χ0v) is 13.1. The van der Waals surface area contributed by atoms with E-state index in [0.29, 0.717) is 11.4 Å². The molecule has 2 aromatic rings. The molecule has 112 valence electrons. The molecule has 21 heavy (non-hydrogen) atoms. The van der Waals surface area contributed by atoms with E-state index in [0.717, 1.165) is 17.0 Å². The Kier molecular flexibility index (Phi) is 4.80. The van der Waals surface area contributed by atoms with Gasteiger partial charge in [0.25, 0.3) is 0 Å². The van der Waals surface area contributed by atoms with Crippen LogP contribution in [0.5, 0.6) is 5.75 Å². The highest BCUT2D eigenvalue weighted by Crippen LogP contribution is 2.24. The molecular formula is C15H18N2O3S. The van der Waals surface area contributed by atoms with Crippen LogP contribution in [0.2, 0.25) is 0 Å². The normalized spacial score (nSPS) is 10.7. The van der Waals surface area contributed by atoms with Gasteiger partial charge in [0.1, 0.15) is 12.3 Å². The maximum atomic E-state index is 12.1. The minimum atomic E-state index is -0.251. The molecule has 1 amide bonds. The van der Waals surface area contributed by atoms with Gasteiger partial charge in [-0.05, 0) is 32.9 Å². The van der Waals surface area contributed by atoms with Crippen LogP contribution in [-0.4, -0.2) is 16.6 Å². The highest BCUT2D eigenvalue weighted by atomic mass is 32.1. The summed E-state index contributed by atoms with van der Waals surface area (Å²) in [7, 11) is 0. The molecule has 0 fully saturated rings. The van der Waals surface area contributed by atoms with E-state index < -0.39 is 0 Å². The van der Waals surface area contributed by atoms with Crippen molar-refractivity contribution in [3.8, 4) is 5.75 Å². The highest BCUT2D eigenvalue weighted by molar-refractivity contribution is 7.07. The standard InChI is InChI=1S/C15H18N2O3S/c1-10(2)20-13-7-5-4-6-12(13)16-14(18)8-17-11(3)9-21-15(17)19/h4-7,9-10H,8H2,1-3H3,(H,16,18). The van der Waals surface area contributed by atoms with Crippen molar-refractivity contribution in [2.45, 2.75) is 33.4 Å². The molecule has 1 N–H and O–H groups in total. The zero-order valence-electron chi connectivity index (χ0n) is 12.3. The minimum absolute atomic E-state index is 0.00415. The number of amides is 1. The molecule has 1 aromatic carbocycles. The van der Waals surface area contributed by atoms with E-state index in [1.54, 1.807) is 24.4 Å². The number of carbonyl (C=O) groups excluding carboxylic acids is 1. The lowest BCUT2D eigenvalue weighted by molar-refractivity contribution is -0.116. The molecule has 0 radical (unpaired) electrons. The SMILES string of the molecule is Cc1csc(=O)n1CC(=O)Nc1ccccc1OC(C)C. The monoisotopic (exact) mass is 306 g/mol. The van der Waals surface area contributed by atoms with E-state index in [4.69, 9.17) is 4.74 Å². The average Bonchev–Trinajstić information content (AvgIpc) is 2.72. The van der Waals surface area contributed by atoms with Gasteiger partial charge in [0, 0.05) is 11.1 Å². The van der Waals surface area contributed by atoms with Crippen LogP contribution in [-0.2, 0) is 11.3 Å². The van der Waals surface area contributed by atoms with Crippen molar-refractivity contribution in [3.63, 3.8) is 0 Å². The van der Waals surface area contributed by atoms with Gasteiger partial charge < -0.3 is 10.1 Å². The van der Waals surface area contributed by atoms with Crippen LogP contribution in [0.3, 0.4) is 0 Å². The molecule has 0 aliphatic rings. The second-order valence-electron chi connectivity index (χ2n) is 4.94. The number of nitrogens with zero attached hydrogens (tertiary/aromatic N) is 1. The summed E-state index contributed by atoms with van der Waals surface area (Å²) >= 11 is 1.09.